The number of fused-ring (bicyclic) bond motifs is 1. The molecule has 0 atom stereocenters. The number of aromatic nitrogens is 1. The van der Waals surface area contributed by atoms with Crippen LogP contribution in [0.2, 0.25) is 0 Å². The van der Waals surface area contributed by atoms with Crippen LogP contribution < -0.4 is 4.80 Å². The number of aryl methyl sites for hydroxylation is 1. The van der Waals surface area contributed by atoms with Gasteiger partial charge in [-0.2, -0.15) is 0 Å². The normalized spacial score (nSPS) is 10.6. The number of hydrogen-bond acceptors (Lipinski definition) is 2. The van der Waals surface area contributed by atoms with Gasteiger partial charge in [0, 0.05) is 7.05 Å². The number of hydrogen-bond donors (Lipinski definition) is 1. The zero-order valence-electron chi connectivity index (χ0n) is 6.16. The van der Waals surface area contributed by atoms with E-state index in [1.807, 2.05) is 35.9 Å². The molecule has 0 bridgehead atoms. The van der Waals surface area contributed by atoms with Crippen LogP contribution in [0.1, 0.15) is 0 Å². The summed E-state index contributed by atoms with van der Waals surface area (Å²) in [4.78, 5) is 0.603. The maximum atomic E-state index is 7.53. The minimum atomic E-state index is 0.603. The number of nitrogens with one attached hydrogen (secondary N) is 1. The molecule has 11 heavy (non-hydrogen) atoms. The third-order valence-electron chi connectivity index (χ3n) is 1.74. The van der Waals surface area contributed by atoms with Crippen molar-refractivity contribution in [3.05, 3.63) is 29.1 Å². The zero-order chi connectivity index (χ0) is 7.84. The Balaban J connectivity index is 3.04. The maximum Gasteiger partial charge on any atom is 0.182 e. The highest BCUT2D eigenvalue weighted by Crippen LogP contribution is 2.14. The molecule has 0 amide bonds. The first kappa shape index (κ1) is 6.61. The molecule has 1 heterocycles. The molecule has 2 rings (SSSR count). The first-order valence-corrected chi connectivity index (χ1v) is 4.20. The third kappa shape index (κ3) is 0.886. The molecule has 0 radical (unpaired) electrons. The van der Waals surface area contributed by atoms with Gasteiger partial charge in [0.25, 0.3) is 0 Å². The lowest BCUT2D eigenvalue weighted by molar-refractivity contribution is 0.893. The third-order valence-corrected chi connectivity index (χ3v) is 2.77. The molecule has 56 valence electrons. The monoisotopic (exact) mass is 164 g/mol. The molecule has 1 aromatic heterocycles. The topological polar surface area (TPSA) is 28.8 Å². The van der Waals surface area contributed by atoms with Crippen LogP contribution in [0.3, 0.4) is 0 Å². The molecule has 0 aliphatic heterocycles. The Bertz CT molecular complexity index is 439. The van der Waals surface area contributed by atoms with Gasteiger partial charge in [0.1, 0.15) is 0 Å². The van der Waals surface area contributed by atoms with Crippen LogP contribution >= 0.6 is 11.3 Å². The van der Waals surface area contributed by atoms with E-state index in [-0.39, 0.29) is 0 Å². The molecule has 0 aliphatic carbocycles. The summed E-state index contributed by atoms with van der Waals surface area (Å²) in [5.41, 5.74) is 1.14. The van der Waals surface area contributed by atoms with Gasteiger partial charge in [0.2, 0.25) is 0 Å². The van der Waals surface area contributed by atoms with Crippen molar-refractivity contribution in [2.75, 3.05) is 0 Å². The van der Waals surface area contributed by atoms with Gasteiger partial charge in [0.15, 0.2) is 4.80 Å². The molecule has 0 unspecified atom stereocenters. The Kier molecular flexibility index (Phi) is 1.32. The number of para-hydroxylation sites is 1. The van der Waals surface area contributed by atoms with Crippen LogP contribution in [-0.2, 0) is 7.05 Å². The smallest absolute Gasteiger partial charge is 0.182 e. The molecule has 2 nitrogen and oxygen atoms in total. The largest absolute Gasteiger partial charge is 0.320 e. The average molecular weight is 164 g/mol. The van der Waals surface area contributed by atoms with E-state index in [9.17, 15) is 0 Å². The van der Waals surface area contributed by atoms with Gasteiger partial charge in [0.05, 0.1) is 10.2 Å². The highest BCUT2D eigenvalue weighted by atomic mass is 32.1. The Morgan fingerprint density at radius 2 is 2.09 bits per heavy atom. The van der Waals surface area contributed by atoms with Gasteiger partial charge < -0.3 is 4.57 Å². The predicted molar refractivity (Wildman–Crippen MR) is 46.7 cm³/mol. The number of thiazole rings is 1. The lowest BCUT2D eigenvalue weighted by Crippen LogP contribution is -2.06. The molecule has 0 saturated carbocycles. The second-order valence-corrected chi connectivity index (χ2v) is 3.46. The lowest BCUT2D eigenvalue weighted by atomic mass is 10.3. The highest BCUT2D eigenvalue weighted by Gasteiger charge is 1.97. The summed E-state index contributed by atoms with van der Waals surface area (Å²) < 4.78 is 3.07. The van der Waals surface area contributed by atoms with E-state index in [1.54, 1.807) is 0 Å². The molecule has 0 spiro atoms. The maximum absolute atomic E-state index is 7.53. The van der Waals surface area contributed by atoms with Gasteiger partial charge in [-0.1, -0.05) is 23.5 Å². The molecule has 1 N–H and O–H groups in total. The first-order valence-electron chi connectivity index (χ1n) is 3.38. The quantitative estimate of drug-likeness (QED) is 0.614. The summed E-state index contributed by atoms with van der Waals surface area (Å²) in [7, 11) is 1.92. The Morgan fingerprint density at radius 1 is 1.36 bits per heavy atom. The molecule has 1 aromatic carbocycles. The summed E-state index contributed by atoms with van der Waals surface area (Å²) >= 11 is 1.51. The highest BCUT2D eigenvalue weighted by molar-refractivity contribution is 7.16. The van der Waals surface area contributed by atoms with Crippen LogP contribution in [0, 0.1) is 5.41 Å². The van der Waals surface area contributed by atoms with Crippen LogP contribution in [-0.4, -0.2) is 4.57 Å². The minimum Gasteiger partial charge on any atom is -0.320 e. The van der Waals surface area contributed by atoms with Crippen LogP contribution in [0.5, 0.6) is 0 Å². The predicted octanol–water partition coefficient (Wildman–Crippen LogP) is 1.72. The lowest BCUT2D eigenvalue weighted by Gasteiger charge is -1.91. The Morgan fingerprint density at radius 3 is 2.82 bits per heavy atom. The van der Waals surface area contributed by atoms with Crippen molar-refractivity contribution < 1.29 is 0 Å². The fourth-order valence-electron chi connectivity index (χ4n) is 1.10. The zero-order valence-corrected chi connectivity index (χ0v) is 6.98. The average Bonchev–Trinajstić information content (AvgIpc) is 2.30. The molecule has 3 heteroatoms. The van der Waals surface area contributed by atoms with Crippen molar-refractivity contribution in [2.24, 2.45) is 7.05 Å². The fourth-order valence-corrected chi connectivity index (χ4v) is 2.00. The summed E-state index contributed by atoms with van der Waals surface area (Å²) in [6.07, 6.45) is 0. The van der Waals surface area contributed by atoms with E-state index in [0.29, 0.717) is 4.80 Å². The molecule has 0 fully saturated rings. The summed E-state index contributed by atoms with van der Waals surface area (Å²) in [5, 5.41) is 7.53. The van der Waals surface area contributed by atoms with Gasteiger partial charge in [-0.25, -0.2) is 0 Å². The standard InChI is InChI=1S/C8H8N2S/c1-10-6-4-2-3-5-7(6)11-8(10)9/h2-5,9H,1H3. The van der Waals surface area contributed by atoms with Crippen molar-refractivity contribution in [1.82, 2.24) is 4.57 Å². The van der Waals surface area contributed by atoms with Gasteiger partial charge >= 0.3 is 0 Å². The Hall–Kier alpha value is -1.09. The molecule has 0 saturated heterocycles. The van der Waals surface area contributed by atoms with Crippen molar-refractivity contribution in [2.45, 2.75) is 0 Å². The number of rotatable bonds is 0. The van der Waals surface area contributed by atoms with E-state index < -0.39 is 0 Å². The summed E-state index contributed by atoms with van der Waals surface area (Å²) in [5.74, 6) is 0. The van der Waals surface area contributed by atoms with E-state index in [2.05, 4.69) is 0 Å². The second-order valence-electron chi connectivity index (χ2n) is 2.43. The Labute approximate surface area is 68.2 Å². The van der Waals surface area contributed by atoms with Crippen LogP contribution in [0.25, 0.3) is 10.2 Å². The summed E-state index contributed by atoms with van der Waals surface area (Å²) in [6, 6.07) is 8.06. The minimum absolute atomic E-state index is 0.603. The molecular weight excluding hydrogens is 156 g/mol. The van der Waals surface area contributed by atoms with Crippen molar-refractivity contribution in [1.29, 1.82) is 5.41 Å². The molecule has 0 aliphatic rings. The van der Waals surface area contributed by atoms with Crippen LogP contribution in [0.15, 0.2) is 24.3 Å². The van der Waals surface area contributed by atoms with E-state index in [0.717, 1.165) is 5.52 Å². The second kappa shape index (κ2) is 2.20. The van der Waals surface area contributed by atoms with Gasteiger partial charge in [-0.05, 0) is 12.1 Å². The van der Waals surface area contributed by atoms with E-state index in [4.69, 9.17) is 5.41 Å². The van der Waals surface area contributed by atoms with E-state index in [1.165, 1.54) is 16.0 Å². The van der Waals surface area contributed by atoms with Gasteiger partial charge in [-0.15, -0.1) is 0 Å². The number of benzene rings is 1. The van der Waals surface area contributed by atoms with Crippen LogP contribution in [0.4, 0.5) is 0 Å². The van der Waals surface area contributed by atoms with E-state index >= 15 is 0 Å². The first-order chi connectivity index (χ1) is 5.29. The van der Waals surface area contributed by atoms with Crippen molar-refractivity contribution in [3.8, 4) is 0 Å². The van der Waals surface area contributed by atoms with Crippen molar-refractivity contribution in [3.63, 3.8) is 0 Å². The summed E-state index contributed by atoms with van der Waals surface area (Å²) in [6.45, 7) is 0. The SMILES string of the molecule is Cn1c(=N)sc2ccccc21. The fraction of sp³-hybridized carbons (Fsp3) is 0.125. The molecule has 2 aromatic rings. The van der Waals surface area contributed by atoms with Crippen molar-refractivity contribution >= 4 is 21.6 Å². The number of nitrogens with zero attached hydrogens (tertiary/aromatic N) is 1. The van der Waals surface area contributed by atoms with Gasteiger partial charge in [-0.3, -0.25) is 5.41 Å². The molecular formula is C8H8N2S.